The molecule has 4 rings (SSSR count). The zero-order valence-corrected chi connectivity index (χ0v) is 18.1. The Balaban J connectivity index is 1.32. The van der Waals surface area contributed by atoms with Gasteiger partial charge in [-0.25, -0.2) is 4.98 Å². The van der Waals surface area contributed by atoms with E-state index in [4.69, 9.17) is 0 Å². The summed E-state index contributed by atoms with van der Waals surface area (Å²) < 4.78 is 0. The first-order valence-electron chi connectivity index (χ1n) is 11.6. The third-order valence-corrected chi connectivity index (χ3v) is 6.50. The molecule has 1 saturated heterocycles. The van der Waals surface area contributed by atoms with Crippen molar-refractivity contribution in [2.24, 2.45) is 0 Å². The number of hydrogen-bond donors (Lipinski definition) is 1. The Morgan fingerprint density at radius 3 is 2.67 bits per heavy atom. The first-order valence-corrected chi connectivity index (χ1v) is 11.6. The van der Waals surface area contributed by atoms with Crippen molar-refractivity contribution in [3.63, 3.8) is 0 Å². The number of hydrogen-bond acceptors (Lipinski definition) is 4. The number of benzene rings is 1. The van der Waals surface area contributed by atoms with Gasteiger partial charge in [0.15, 0.2) is 5.82 Å². The predicted octanol–water partition coefficient (Wildman–Crippen LogP) is 5.61. The maximum absolute atomic E-state index is 12.7. The van der Waals surface area contributed by atoms with Crippen LogP contribution in [0.5, 0.6) is 0 Å². The van der Waals surface area contributed by atoms with Gasteiger partial charge in [0.2, 0.25) is 0 Å². The summed E-state index contributed by atoms with van der Waals surface area (Å²) >= 11 is 0. The average molecular weight is 407 g/mol. The lowest BCUT2D eigenvalue weighted by atomic mass is 10.0. The van der Waals surface area contributed by atoms with Gasteiger partial charge in [0.1, 0.15) is 0 Å². The summed E-state index contributed by atoms with van der Waals surface area (Å²) in [5.74, 6) is 0.781. The highest BCUT2D eigenvalue weighted by Crippen LogP contribution is 2.36. The fourth-order valence-electron chi connectivity index (χ4n) is 4.75. The van der Waals surface area contributed by atoms with Gasteiger partial charge in [-0.3, -0.25) is 4.79 Å². The van der Waals surface area contributed by atoms with Crippen molar-refractivity contribution < 1.29 is 4.79 Å². The number of nitrogens with one attached hydrogen (secondary N) is 1. The molecule has 2 aliphatic heterocycles. The lowest BCUT2D eigenvalue weighted by molar-refractivity contribution is 0.102. The van der Waals surface area contributed by atoms with Crippen LogP contribution >= 0.6 is 0 Å². The van der Waals surface area contributed by atoms with E-state index in [9.17, 15) is 4.79 Å². The molecule has 0 saturated carbocycles. The molecule has 2 aliphatic rings. The zero-order valence-electron chi connectivity index (χ0n) is 18.1. The number of aromatic nitrogens is 1. The van der Waals surface area contributed by atoms with Gasteiger partial charge in [0.05, 0.1) is 16.9 Å². The summed E-state index contributed by atoms with van der Waals surface area (Å²) in [6.45, 7) is 5.84. The SMILES string of the molecule is CC(CCCCCCN1c2ccccc2C(=O)Nc2cccnc21)N1CCCCC1. The highest BCUT2D eigenvalue weighted by Gasteiger charge is 2.25. The minimum atomic E-state index is -0.0611. The molecule has 1 atom stereocenters. The first kappa shape index (κ1) is 20.9. The Kier molecular flexibility index (Phi) is 7.00. The lowest BCUT2D eigenvalue weighted by Gasteiger charge is -2.32. The minimum absolute atomic E-state index is 0.0611. The molecule has 1 N–H and O–H groups in total. The van der Waals surface area contributed by atoms with Crippen LogP contribution in [-0.2, 0) is 0 Å². The van der Waals surface area contributed by atoms with E-state index in [0.29, 0.717) is 5.56 Å². The third kappa shape index (κ3) is 4.84. The number of rotatable bonds is 8. The molecule has 2 aromatic rings. The Morgan fingerprint density at radius 2 is 1.80 bits per heavy atom. The fourth-order valence-corrected chi connectivity index (χ4v) is 4.75. The first-order chi connectivity index (χ1) is 14.7. The van der Waals surface area contributed by atoms with Crippen LogP contribution in [0.15, 0.2) is 42.6 Å². The lowest BCUT2D eigenvalue weighted by Crippen LogP contribution is -2.37. The molecule has 0 bridgehead atoms. The highest BCUT2D eigenvalue weighted by atomic mass is 16.1. The number of pyridine rings is 1. The van der Waals surface area contributed by atoms with Gasteiger partial charge in [-0.2, -0.15) is 0 Å². The smallest absolute Gasteiger partial charge is 0.257 e. The summed E-state index contributed by atoms with van der Waals surface area (Å²) in [4.78, 5) is 22.1. The standard InChI is InChI=1S/C25H34N4O/c1-20(28-17-8-4-9-18-28)12-5-2-3-10-19-29-23-15-7-6-13-21(23)25(30)27-22-14-11-16-26-24(22)29/h6-7,11,13-16,20H,2-5,8-10,12,17-19H2,1H3,(H,27,30). The molecule has 1 aromatic heterocycles. The van der Waals surface area contributed by atoms with Gasteiger partial charge in [0, 0.05) is 18.8 Å². The summed E-state index contributed by atoms with van der Waals surface area (Å²) in [5, 5.41) is 3.02. The van der Waals surface area contributed by atoms with Gasteiger partial charge < -0.3 is 15.1 Å². The van der Waals surface area contributed by atoms with Crippen LogP contribution in [-0.4, -0.2) is 41.5 Å². The fraction of sp³-hybridized carbons (Fsp3) is 0.520. The van der Waals surface area contributed by atoms with Crippen LogP contribution in [0.3, 0.4) is 0 Å². The maximum atomic E-state index is 12.7. The van der Waals surface area contributed by atoms with E-state index in [1.165, 1.54) is 58.0 Å². The Hall–Kier alpha value is -2.40. The van der Waals surface area contributed by atoms with Crippen LogP contribution in [0.25, 0.3) is 0 Å². The van der Waals surface area contributed by atoms with Crippen LogP contribution in [0.4, 0.5) is 17.2 Å². The van der Waals surface area contributed by atoms with E-state index in [1.54, 1.807) is 6.20 Å². The number of amides is 1. The van der Waals surface area contributed by atoms with Crippen molar-refractivity contribution in [2.75, 3.05) is 29.9 Å². The molecule has 3 heterocycles. The molecule has 30 heavy (non-hydrogen) atoms. The Morgan fingerprint density at radius 1 is 1.00 bits per heavy atom. The molecule has 160 valence electrons. The van der Waals surface area contributed by atoms with E-state index in [1.807, 2.05) is 36.4 Å². The number of carbonyl (C=O) groups excluding carboxylic acids is 1. The van der Waals surface area contributed by atoms with Gasteiger partial charge in [-0.1, -0.05) is 37.8 Å². The summed E-state index contributed by atoms with van der Waals surface area (Å²) in [6.07, 6.45) is 12.1. The van der Waals surface area contributed by atoms with E-state index < -0.39 is 0 Å². The second-order valence-electron chi connectivity index (χ2n) is 8.65. The quantitative estimate of drug-likeness (QED) is 0.579. The van der Waals surface area contributed by atoms with Crippen molar-refractivity contribution in [1.82, 2.24) is 9.88 Å². The third-order valence-electron chi connectivity index (χ3n) is 6.50. The molecule has 1 fully saturated rings. The van der Waals surface area contributed by atoms with E-state index in [2.05, 4.69) is 27.0 Å². The molecule has 5 nitrogen and oxygen atoms in total. The molecule has 1 aromatic carbocycles. The number of anilines is 3. The molecule has 0 spiro atoms. The topological polar surface area (TPSA) is 48.5 Å². The molecule has 5 heteroatoms. The molecular formula is C25H34N4O. The van der Waals surface area contributed by atoms with Gasteiger partial charge in [0.25, 0.3) is 5.91 Å². The van der Waals surface area contributed by atoms with Crippen LogP contribution in [0, 0.1) is 0 Å². The van der Waals surface area contributed by atoms with Crippen molar-refractivity contribution in [1.29, 1.82) is 0 Å². The van der Waals surface area contributed by atoms with Crippen LogP contribution in [0.2, 0.25) is 0 Å². The summed E-state index contributed by atoms with van der Waals surface area (Å²) in [6, 6.07) is 12.4. The Labute approximate surface area is 180 Å². The van der Waals surface area contributed by atoms with Gasteiger partial charge in [-0.05, 0) is 70.0 Å². The van der Waals surface area contributed by atoms with E-state index >= 15 is 0 Å². The van der Waals surface area contributed by atoms with Crippen molar-refractivity contribution in [2.45, 2.75) is 64.3 Å². The average Bonchev–Trinajstić information content (AvgIpc) is 2.91. The van der Waals surface area contributed by atoms with Gasteiger partial charge in [-0.15, -0.1) is 0 Å². The second kappa shape index (κ2) is 10.1. The van der Waals surface area contributed by atoms with Crippen LogP contribution < -0.4 is 10.2 Å². The largest absolute Gasteiger partial charge is 0.324 e. The number of likely N-dealkylation sites (tertiary alicyclic amines) is 1. The van der Waals surface area contributed by atoms with E-state index in [0.717, 1.165) is 36.2 Å². The molecule has 1 amide bonds. The summed E-state index contributed by atoms with van der Waals surface area (Å²) in [7, 11) is 0. The number of fused-ring (bicyclic) bond motifs is 2. The highest BCUT2D eigenvalue weighted by molar-refractivity contribution is 6.11. The van der Waals surface area contributed by atoms with Crippen molar-refractivity contribution >= 4 is 23.1 Å². The molecule has 0 radical (unpaired) electrons. The molecule has 1 unspecified atom stereocenters. The number of unbranched alkanes of at least 4 members (excludes halogenated alkanes) is 3. The second-order valence-corrected chi connectivity index (χ2v) is 8.65. The van der Waals surface area contributed by atoms with E-state index in [-0.39, 0.29) is 5.91 Å². The zero-order chi connectivity index (χ0) is 20.8. The number of carbonyl (C=O) groups is 1. The minimum Gasteiger partial charge on any atom is -0.324 e. The van der Waals surface area contributed by atoms with Gasteiger partial charge >= 0.3 is 0 Å². The maximum Gasteiger partial charge on any atom is 0.257 e. The molecular weight excluding hydrogens is 372 g/mol. The predicted molar refractivity (Wildman–Crippen MR) is 124 cm³/mol. The normalized spacial score (nSPS) is 17.6. The van der Waals surface area contributed by atoms with Crippen molar-refractivity contribution in [3.05, 3.63) is 48.2 Å². The van der Waals surface area contributed by atoms with Crippen LogP contribution in [0.1, 0.15) is 68.6 Å². The number of para-hydroxylation sites is 1. The van der Waals surface area contributed by atoms with Crippen molar-refractivity contribution in [3.8, 4) is 0 Å². The number of nitrogens with zero attached hydrogens (tertiary/aromatic N) is 3. The number of piperidine rings is 1. The summed E-state index contributed by atoms with van der Waals surface area (Å²) in [5.41, 5.74) is 2.45. The molecule has 0 aliphatic carbocycles. The monoisotopic (exact) mass is 406 g/mol. The Bertz CT molecular complexity index is 847.